The molecule has 1 amide bonds. The molecule has 0 aliphatic heterocycles. The summed E-state index contributed by atoms with van der Waals surface area (Å²) < 4.78 is 18.4. The number of amides is 1. The predicted molar refractivity (Wildman–Crippen MR) is 91.2 cm³/mol. The smallest absolute Gasteiger partial charge is 0.410 e. The van der Waals surface area contributed by atoms with E-state index in [9.17, 15) is 9.18 Å². The number of ether oxygens (including phenoxy) is 1. The summed E-state index contributed by atoms with van der Waals surface area (Å²) in [5.41, 5.74) is 0.306. The second-order valence-corrected chi connectivity index (χ2v) is 7.09. The van der Waals surface area contributed by atoms with Crippen molar-refractivity contribution in [2.75, 3.05) is 13.1 Å². The molecule has 0 aliphatic carbocycles. The van der Waals surface area contributed by atoms with Crippen LogP contribution in [-0.2, 0) is 11.3 Å². The third-order valence-corrected chi connectivity index (χ3v) is 3.46. The largest absolute Gasteiger partial charge is 0.444 e. The molecular weight excluding hydrogens is 319 g/mol. The Hall–Kier alpha value is -1.33. The molecule has 0 heterocycles. The molecule has 0 aliphatic rings. The van der Waals surface area contributed by atoms with Crippen molar-refractivity contribution in [1.82, 2.24) is 10.2 Å². The number of halogens is 2. The fourth-order valence-electron chi connectivity index (χ4n) is 1.97. The zero-order valence-electron chi connectivity index (χ0n) is 14.5. The molecule has 130 valence electrons. The maximum absolute atomic E-state index is 13.0. The summed E-state index contributed by atoms with van der Waals surface area (Å²) in [6, 6.07) is 4.36. The molecule has 0 aromatic heterocycles. The van der Waals surface area contributed by atoms with Crippen LogP contribution in [0.2, 0.25) is 5.02 Å². The molecule has 0 bridgehead atoms. The van der Waals surface area contributed by atoms with Crippen LogP contribution in [0, 0.1) is 5.82 Å². The lowest BCUT2D eigenvalue weighted by molar-refractivity contribution is 0.0193. The maximum Gasteiger partial charge on any atom is 0.410 e. The molecule has 4 nitrogen and oxygen atoms in total. The highest BCUT2D eigenvalue weighted by atomic mass is 35.5. The minimum atomic E-state index is -0.515. The van der Waals surface area contributed by atoms with Gasteiger partial charge in [0, 0.05) is 30.7 Å². The van der Waals surface area contributed by atoms with Gasteiger partial charge in [0.2, 0.25) is 0 Å². The number of hydrogen-bond donors (Lipinski definition) is 1. The van der Waals surface area contributed by atoms with Crippen LogP contribution in [0.1, 0.15) is 40.2 Å². The van der Waals surface area contributed by atoms with Gasteiger partial charge in [-0.05, 0) is 52.3 Å². The minimum absolute atomic E-state index is 0.0426. The van der Waals surface area contributed by atoms with E-state index in [4.69, 9.17) is 16.3 Å². The van der Waals surface area contributed by atoms with Crippen molar-refractivity contribution in [1.29, 1.82) is 0 Å². The standard InChI is InChI=1S/C17H26ClFN2O2/c1-12(2)21(16(22)23-17(3,4)5)9-8-20-11-13-6-7-14(19)10-15(13)18/h6-7,10,12,20H,8-9,11H2,1-5H3. The number of hydrogen-bond acceptors (Lipinski definition) is 3. The normalized spacial score (nSPS) is 11.7. The first kappa shape index (κ1) is 19.7. The molecule has 0 atom stereocenters. The summed E-state index contributed by atoms with van der Waals surface area (Å²) >= 11 is 5.98. The molecule has 1 aromatic rings. The number of rotatable bonds is 6. The van der Waals surface area contributed by atoms with Crippen LogP contribution in [-0.4, -0.2) is 35.7 Å². The molecule has 0 radical (unpaired) electrons. The second-order valence-electron chi connectivity index (χ2n) is 6.68. The van der Waals surface area contributed by atoms with Crippen LogP contribution in [0.15, 0.2) is 18.2 Å². The number of nitrogens with zero attached hydrogens (tertiary/aromatic N) is 1. The Balaban J connectivity index is 2.48. The van der Waals surface area contributed by atoms with Crippen molar-refractivity contribution in [3.63, 3.8) is 0 Å². The summed E-state index contributed by atoms with van der Waals surface area (Å²) in [6.07, 6.45) is -0.325. The lowest BCUT2D eigenvalue weighted by Gasteiger charge is -2.30. The van der Waals surface area contributed by atoms with Gasteiger partial charge in [-0.1, -0.05) is 17.7 Å². The Morgan fingerprint density at radius 2 is 2.04 bits per heavy atom. The first-order valence-electron chi connectivity index (χ1n) is 7.74. The Bertz CT molecular complexity index is 530. The van der Waals surface area contributed by atoms with E-state index >= 15 is 0 Å². The van der Waals surface area contributed by atoms with E-state index in [0.29, 0.717) is 24.7 Å². The second kappa shape index (κ2) is 8.50. The summed E-state index contributed by atoms with van der Waals surface area (Å²) in [5.74, 6) is -0.352. The van der Waals surface area contributed by atoms with Gasteiger partial charge in [0.25, 0.3) is 0 Å². The summed E-state index contributed by atoms with van der Waals surface area (Å²) in [5, 5.41) is 3.60. The molecular formula is C17H26ClFN2O2. The molecule has 0 fully saturated rings. The van der Waals surface area contributed by atoms with Gasteiger partial charge in [-0.25, -0.2) is 9.18 Å². The predicted octanol–water partition coefficient (Wildman–Crippen LogP) is 4.21. The van der Waals surface area contributed by atoms with Gasteiger partial charge >= 0.3 is 6.09 Å². The van der Waals surface area contributed by atoms with Crippen LogP contribution < -0.4 is 5.32 Å². The molecule has 0 saturated carbocycles. The Morgan fingerprint density at radius 3 is 2.57 bits per heavy atom. The van der Waals surface area contributed by atoms with Crippen molar-refractivity contribution >= 4 is 17.7 Å². The topological polar surface area (TPSA) is 41.6 Å². The van der Waals surface area contributed by atoms with E-state index in [1.165, 1.54) is 12.1 Å². The van der Waals surface area contributed by atoms with E-state index in [-0.39, 0.29) is 18.0 Å². The molecule has 0 unspecified atom stereocenters. The lowest BCUT2D eigenvalue weighted by Crippen LogP contribution is -2.44. The first-order chi connectivity index (χ1) is 10.6. The van der Waals surface area contributed by atoms with Gasteiger partial charge in [-0.15, -0.1) is 0 Å². The molecule has 6 heteroatoms. The minimum Gasteiger partial charge on any atom is -0.444 e. The first-order valence-corrected chi connectivity index (χ1v) is 8.12. The Labute approximate surface area is 142 Å². The van der Waals surface area contributed by atoms with E-state index < -0.39 is 5.60 Å². The van der Waals surface area contributed by atoms with Crippen LogP contribution in [0.5, 0.6) is 0 Å². The molecule has 1 N–H and O–H groups in total. The van der Waals surface area contributed by atoms with E-state index in [1.54, 1.807) is 11.0 Å². The van der Waals surface area contributed by atoms with Gasteiger partial charge in [-0.3, -0.25) is 0 Å². The average molecular weight is 345 g/mol. The van der Waals surface area contributed by atoms with Crippen molar-refractivity contribution < 1.29 is 13.9 Å². The highest BCUT2D eigenvalue weighted by Crippen LogP contribution is 2.17. The van der Waals surface area contributed by atoms with Crippen molar-refractivity contribution in [2.24, 2.45) is 0 Å². The highest BCUT2D eigenvalue weighted by Gasteiger charge is 2.23. The third kappa shape index (κ3) is 7.18. The van der Waals surface area contributed by atoms with Gasteiger partial charge < -0.3 is 15.0 Å². The quantitative estimate of drug-likeness (QED) is 0.786. The van der Waals surface area contributed by atoms with Gasteiger partial charge in [-0.2, -0.15) is 0 Å². The molecule has 23 heavy (non-hydrogen) atoms. The zero-order valence-corrected chi connectivity index (χ0v) is 15.2. The number of nitrogens with one attached hydrogen (secondary N) is 1. The van der Waals surface area contributed by atoms with Crippen LogP contribution >= 0.6 is 11.6 Å². The van der Waals surface area contributed by atoms with Crippen LogP contribution in [0.3, 0.4) is 0 Å². The summed E-state index contributed by atoms with van der Waals surface area (Å²) in [7, 11) is 0. The van der Waals surface area contributed by atoms with Gasteiger partial charge in [0.1, 0.15) is 11.4 Å². The summed E-state index contributed by atoms with van der Waals surface area (Å²) in [6.45, 7) is 11.0. The molecule has 1 aromatic carbocycles. The fourth-order valence-corrected chi connectivity index (χ4v) is 2.20. The highest BCUT2D eigenvalue weighted by molar-refractivity contribution is 6.31. The van der Waals surface area contributed by atoms with Crippen molar-refractivity contribution in [3.05, 3.63) is 34.6 Å². The van der Waals surface area contributed by atoms with Gasteiger partial charge in [0.15, 0.2) is 0 Å². The monoisotopic (exact) mass is 344 g/mol. The zero-order chi connectivity index (χ0) is 17.6. The van der Waals surface area contributed by atoms with Crippen LogP contribution in [0.25, 0.3) is 0 Å². The third-order valence-electron chi connectivity index (χ3n) is 3.11. The van der Waals surface area contributed by atoms with Gasteiger partial charge in [0.05, 0.1) is 0 Å². The molecule has 0 spiro atoms. The van der Waals surface area contributed by atoms with Crippen LogP contribution in [0.4, 0.5) is 9.18 Å². The molecule has 1 rings (SSSR count). The fraction of sp³-hybridized carbons (Fsp3) is 0.588. The lowest BCUT2D eigenvalue weighted by atomic mass is 10.2. The maximum atomic E-state index is 13.0. The average Bonchev–Trinajstić information content (AvgIpc) is 2.38. The summed E-state index contributed by atoms with van der Waals surface area (Å²) in [4.78, 5) is 13.8. The number of carbonyl (C=O) groups is 1. The molecule has 0 saturated heterocycles. The van der Waals surface area contributed by atoms with E-state index in [1.807, 2.05) is 34.6 Å². The number of carbonyl (C=O) groups excluding carboxylic acids is 1. The van der Waals surface area contributed by atoms with E-state index in [0.717, 1.165) is 5.56 Å². The SMILES string of the molecule is CC(C)N(CCNCc1ccc(F)cc1Cl)C(=O)OC(C)(C)C. The van der Waals surface area contributed by atoms with Crippen molar-refractivity contribution in [3.8, 4) is 0 Å². The van der Waals surface area contributed by atoms with E-state index in [2.05, 4.69) is 5.32 Å². The van der Waals surface area contributed by atoms with Crippen molar-refractivity contribution in [2.45, 2.75) is 52.8 Å². The number of benzene rings is 1. The Kier molecular flexibility index (Phi) is 7.29. The Morgan fingerprint density at radius 1 is 1.39 bits per heavy atom.